The van der Waals surface area contributed by atoms with Gasteiger partial charge in [-0.15, -0.1) is 0 Å². The zero-order chi connectivity index (χ0) is 14.3. The minimum atomic E-state index is -2.59. The number of halogens is 2. The number of nitrogens with zero attached hydrogens (tertiary/aromatic N) is 1. The number of aliphatic hydroxyl groups excluding tert-OH is 1. The highest BCUT2D eigenvalue weighted by molar-refractivity contribution is 5.76. The maximum Gasteiger partial charge on any atom is 0.255 e. The lowest BCUT2D eigenvalue weighted by Gasteiger charge is -2.21. The normalized spacial score (nSPS) is 10.7. The number of benzene rings is 1. The summed E-state index contributed by atoms with van der Waals surface area (Å²) in [6.45, 7) is -1.02. The van der Waals surface area contributed by atoms with Crippen molar-refractivity contribution < 1.29 is 18.7 Å². The lowest BCUT2D eigenvalue weighted by atomic mass is 10.1. The van der Waals surface area contributed by atoms with E-state index in [-0.39, 0.29) is 25.5 Å². The highest BCUT2D eigenvalue weighted by Crippen LogP contribution is 2.09. The molecule has 1 amide bonds. The Balaban J connectivity index is 2.49. The first-order valence-corrected chi connectivity index (χ1v) is 6.04. The summed E-state index contributed by atoms with van der Waals surface area (Å²) >= 11 is 0. The summed E-state index contributed by atoms with van der Waals surface area (Å²) in [6.07, 6.45) is -1.99. The first-order chi connectivity index (χ1) is 9.02. The van der Waals surface area contributed by atoms with E-state index in [1.807, 2.05) is 0 Å². The fraction of sp³-hybridized carbons (Fsp3) is 0.462. The Bertz CT molecular complexity index is 396. The summed E-state index contributed by atoms with van der Waals surface area (Å²) in [4.78, 5) is 12.8. The highest BCUT2D eigenvalue weighted by atomic mass is 19.3. The molecule has 1 rings (SSSR count). The summed E-state index contributed by atoms with van der Waals surface area (Å²) < 4.78 is 24.6. The van der Waals surface area contributed by atoms with Crippen molar-refractivity contribution in [1.82, 2.24) is 4.90 Å². The van der Waals surface area contributed by atoms with E-state index in [0.29, 0.717) is 12.1 Å². The number of nitrogen functional groups attached to an aromatic ring is 1. The number of nitrogens with two attached hydrogens (primary N) is 1. The molecule has 0 fully saturated rings. The molecule has 1 aromatic rings. The SMILES string of the molecule is Nc1ccc(CCC(=O)N(CCO)CC(F)F)cc1. The Labute approximate surface area is 110 Å². The summed E-state index contributed by atoms with van der Waals surface area (Å²) in [7, 11) is 0. The van der Waals surface area contributed by atoms with Crippen molar-refractivity contribution >= 4 is 11.6 Å². The van der Waals surface area contributed by atoms with Gasteiger partial charge in [-0.3, -0.25) is 4.79 Å². The molecule has 4 nitrogen and oxygen atoms in total. The first kappa shape index (κ1) is 15.4. The van der Waals surface area contributed by atoms with E-state index in [1.165, 1.54) is 0 Å². The van der Waals surface area contributed by atoms with Crippen LogP contribution in [0.1, 0.15) is 12.0 Å². The molecule has 19 heavy (non-hydrogen) atoms. The van der Waals surface area contributed by atoms with Crippen LogP contribution in [0.4, 0.5) is 14.5 Å². The molecule has 0 radical (unpaired) electrons. The van der Waals surface area contributed by atoms with Gasteiger partial charge in [-0.1, -0.05) is 12.1 Å². The van der Waals surface area contributed by atoms with Gasteiger partial charge in [0.1, 0.15) is 0 Å². The van der Waals surface area contributed by atoms with E-state index in [2.05, 4.69) is 0 Å². The third kappa shape index (κ3) is 5.65. The van der Waals surface area contributed by atoms with Crippen LogP contribution in [0, 0.1) is 0 Å². The second kappa shape index (κ2) is 7.68. The number of aryl methyl sites for hydroxylation is 1. The number of alkyl halides is 2. The zero-order valence-corrected chi connectivity index (χ0v) is 10.6. The van der Waals surface area contributed by atoms with E-state index >= 15 is 0 Å². The van der Waals surface area contributed by atoms with Crippen molar-refractivity contribution in [1.29, 1.82) is 0 Å². The molecule has 6 heteroatoms. The molecule has 106 valence electrons. The van der Waals surface area contributed by atoms with Crippen LogP contribution in [-0.4, -0.2) is 42.0 Å². The van der Waals surface area contributed by atoms with Gasteiger partial charge in [0.15, 0.2) is 0 Å². The first-order valence-electron chi connectivity index (χ1n) is 6.04. The van der Waals surface area contributed by atoms with Crippen molar-refractivity contribution in [3.8, 4) is 0 Å². The third-order valence-electron chi connectivity index (χ3n) is 2.69. The quantitative estimate of drug-likeness (QED) is 0.735. The van der Waals surface area contributed by atoms with E-state index in [9.17, 15) is 13.6 Å². The Morgan fingerprint density at radius 3 is 2.47 bits per heavy atom. The predicted octanol–water partition coefficient (Wildman–Crippen LogP) is 1.29. The predicted molar refractivity (Wildman–Crippen MR) is 68.8 cm³/mol. The third-order valence-corrected chi connectivity index (χ3v) is 2.69. The van der Waals surface area contributed by atoms with Gasteiger partial charge in [0, 0.05) is 18.7 Å². The van der Waals surface area contributed by atoms with Crippen LogP contribution in [0.5, 0.6) is 0 Å². The van der Waals surface area contributed by atoms with Crippen LogP contribution in [-0.2, 0) is 11.2 Å². The molecule has 0 aromatic heterocycles. The standard InChI is InChI=1S/C13H18F2N2O2/c14-12(15)9-17(7-8-18)13(19)6-3-10-1-4-11(16)5-2-10/h1-2,4-5,12,18H,3,6-9,16H2. The van der Waals surface area contributed by atoms with E-state index in [4.69, 9.17) is 10.8 Å². The van der Waals surface area contributed by atoms with Gasteiger partial charge in [0.05, 0.1) is 13.2 Å². The maximum absolute atomic E-state index is 12.3. The van der Waals surface area contributed by atoms with Crippen LogP contribution in [0.2, 0.25) is 0 Å². The van der Waals surface area contributed by atoms with Crippen molar-refractivity contribution in [2.45, 2.75) is 19.3 Å². The summed E-state index contributed by atoms with van der Waals surface area (Å²) in [5.74, 6) is -0.383. The fourth-order valence-electron chi connectivity index (χ4n) is 1.70. The second-order valence-corrected chi connectivity index (χ2v) is 4.20. The molecule has 0 unspecified atom stereocenters. The fourth-order valence-corrected chi connectivity index (χ4v) is 1.70. The molecule has 0 saturated carbocycles. The monoisotopic (exact) mass is 272 g/mol. The van der Waals surface area contributed by atoms with E-state index < -0.39 is 13.0 Å². The van der Waals surface area contributed by atoms with Crippen LogP contribution in [0.15, 0.2) is 24.3 Å². The molecule has 0 spiro atoms. The molecule has 0 aliphatic rings. The Morgan fingerprint density at radius 1 is 1.32 bits per heavy atom. The smallest absolute Gasteiger partial charge is 0.255 e. The van der Waals surface area contributed by atoms with Crippen LogP contribution < -0.4 is 5.73 Å². The molecule has 3 N–H and O–H groups in total. The van der Waals surface area contributed by atoms with Gasteiger partial charge >= 0.3 is 0 Å². The van der Waals surface area contributed by atoms with Crippen LogP contribution in [0.25, 0.3) is 0 Å². The maximum atomic E-state index is 12.3. The highest BCUT2D eigenvalue weighted by Gasteiger charge is 2.17. The summed E-state index contributed by atoms with van der Waals surface area (Å²) in [5.41, 5.74) is 7.09. The van der Waals surface area contributed by atoms with Gasteiger partial charge in [0.2, 0.25) is 5.91 Å². The molecule has 0 saturated heterocycles. The van der Waals surface area contributed by atoms with Crippen molar-refractivity contribution in [3.05, 3.63) is 29.8 Å². The Morgan fingerprint density at radius 2 is 1.95 bits per heavy atom. The number of aliphatic hydroxyl groups is 1. The molecular formula is C13H18F2N2O2. The summed E-state index contributed by atoms with van der Waals surface area (Å²) in [5, 5.41) is 8.76. The Kier molecular flexibility index (Phi) is 6.21. The van der Waals surface area contributed by atoms with Crippen molar-refractivity contribution in [2.24, 2.45) is 0 Å². The molecule has 1 aromatic carbocycles. The van der Waals surface area contributed by atoms with E-state index in [1.54, 1.807) is 24.3 Å². The largest absolute Gasteiger partial charge is 0.399 e. The number of hydrogen-bond donors (Lipinski definition) is 2. The zero-order valence-electron chi connectivity index (χ0n) is 10.6. The minimum Gasteiger partial charge on any atom is -0.399 e. The molecular weight excluding hydrogens is 254 g/mol. The molecule has 0 aliphatic carbocycles. The Hall–Kier alpha value is -1.69. The topological polar surface area (TPSA) is 66.6 Å². The number of carbonyl (C=O) groups excluding carboxylic acids is 1. The summed E-state index contributed by atoms with van der Waals surface area (Å²) in [6, 6.07) is 7.05. The lowest BCUT2D eigenvalue weighted by Crippen LogP contribution is -2.37. The second-order valence-electron chi connectivity index (χ2n) is 4.20. The van der Waals surface area contributed by atoms with Crippen molar-refractivity contribution in [2.75, 3.05) is 25.4 Å². The van der Waals surface area contributed by atoms with Crippen LogP contribution >= 0.6 is 0 Å². The number of hydrogen-bond acceptors (Lipinski definition) is 3. The average molecular weight is 272 g/mol. The minimum absolute atomic E-state index is 0.0646. The number of amides is 1. The number of anilines is 1. The van der Waals surface area contributed by atoms with Crippen molar-refractivity contribution in [3.63, 3.8) is 0 Å². The van der Waals surface area contributed by atoms with Gasteiger partial charge in [0.25, 0.3) is 6.43 Å². The van der Waals surface area contributed by atoms with E-state index in [0.717, 1.165) is 10.5 Å². The van der Waals surface area contributed by atoms with Gasteiger partial charge < -0.3 is 15.7 Å². The molecule has 0 aliphatic heterocycles. The van der Waals surface area contributed by atoms with Gasteiger partial charge in [-0.25, -0.2) is 8.78 Å². The number of carbonyl (C=O) groups is 1. The molecule has 0 bridgehead atoms. The van der Waals surface area contributed by atoms with Gasteiger partial charge in [-0.05, 0) is 24.1 Å². The lowest BCUT2D eigenvalue weighted by molar-refractivity contribution is -0.133. The molecule has 0 heterocycles. The van der Waals surface area contributed by atoms with Crippen LogP contribution in [0.3, 0.4) is 0 Å². The van der Waals surface area contributed by atoms with Gasteiger partial charge in [-0.2, -0.15) is 0 Å². The molecule has 0 atom stereocenters. The number of rotatable bonds is 7. The average Bonchev–Trinajstić information content (AvgIpc) is 2.37.